The molecule has 162 valence electrons. The fourth-order valence-electron chi connectivity index (χ4n) is 3.22. The fraction of sp³-hybridized carbons (Fsp3) is 0.409. The molecule has 0 saturated heterocycles. The SMILES string of the molecule is [2H]C1([2H])c2cc(Cl)cc(COc3ccc(CC(C)C(=O)O)cc3C(F)(F)F)c2OC1(C)C. The molecule has 0 spiro atoms. The Morgan fingerprint density at radius 1 is 1.37 bits per heavy atom. The predicted molar refractivity (Wildman–Crippen MR) is 106 cm³/mol. The highest BCUT2D eigenvalue weighted by atomic mass is 35.5. The summed E-state index contributed by atoms with van der Waals surface area (Å²) in [4.78, 5) is 11.0. The number of halogens is 4. The largest absolute Gasteiger partial charge is 0.488 e. The summed E-state index contributed by atoms with van der Waals surface area (Å²) in [5, 5.41) is 9.22. The maximum absolute atomic E-state index is 13.6. The van der Waals surface area contributed by atoms with E-state index in [1.807, 2.05) is 0 Å². The van der Waals surface area contributed by atoms with Crippen molar-refractivity contribution < 1.29 is 35.3 Å². The lowest BCUT2D eigenvalue weighted by Gasteiger charge is -2.19. The molecule has 1 N–H and O–H groups in total. The Morgan fingerprint density at radius 2 is 2.07 bits per heavy atom. The van der Waals surface area contributed by atoms with Crippen molar-refractivity contribution in [3.8, 4) is 11.5 Å². The molecule has 3 rings (SSSR count). The van der Waals surface area contributed by atoms with Crippen molar-refractivity contribution in [1.29, 1.82) is 0 Å². The highest BCUT2D eigenvalue weighted by Crippen LogP contribution is 2.41. The smallest absolute Gasteiger partial charge is 0.419 e. The number of fused-ring (bicyclic) bond motifs is 1. The molecule has 2 aromatic rings. The van der Waals surface area contributed by atoms with Crippen molar-refractivity contribution in [1.82, 2.24) is 0 Å². The Labute approximate surface area is 180 Å². The quantitative estimate of drug-likeness (QED) is 0.601. The zero-order chi connectivity index (χ0) is 24.1. The number of rotatable bonds is 6. The molecule has 1 aliphatic heterocycles. The minimum absolute atomic E-state index is 0.0570. The van der Waals surface area contributed by atoms with E-state index in [0.29, 0.717) is 5.56 Å². The van der Waals surface area contributed by atoms with Crippen LogP contribution in [-0.4, -0.2) is 16.7 Å². The number of carbonyl (C=O) groups is 1. The first kappa shape index (κ1) is 19.5. The molecule has 0 radical (unpaired) electrons. The van der Waals surface area contributed by atoms with Gasteiger partial charge < -0.3 is 14.6 Å². The number of ether oxygens (including phenoxy) is 2. The molecule has 30 heavy (non-hydrogen) atoms. The second-order valence-corrected chi connectivity index (χ2v) is 8.18. The summed E-state index contributed by atoms with van der Waals surface area (Å²) in [6, 6.07) is 6.34. The van der Waals surface area contributed by atoms with E-state index in [-0.39, 0.29) is 34.9 Å². The van der Waals surface area contributed by atoms with Crippen LogP contribution in [0.15, 0.2) is 30.3 Å². The molecule has 8 heteroatoms. The van der Waals surface area contributed by atoms with Crippen LogP contribution in [0, 0.1) is 5.92 Å². The molecule has 4 nitrogen and oxygen atoms in total. The molecule has 0 fully saturated rings. The molecule has 0 saturated carbocycles. The minimum Gasteiger partial charge on any atom is -0.488 e. The van der Waals surface area contributed by atoms with Gasteiger partial charge in [-0.1, -0.05) is 24.6 Å². The maximum atomic E-state index is 13.6. The van der Waals surface area contributed by atoms with E-state index in [9.17, 15) is 18.0 Å². The molecule has 0 amide bonds. The summed E-state index contributed by atoms with van der Waals surface area (Å²) in [7, 11) is 0. The van der Waals surface area contributed by atoms with Gasteiger partial charge in [0.15, 0.2) is 0 Å². The second-order valence-electron chi connectivity index (χ2n) is 7.74. The third-order valence-electron chi connectivity index (χ3n) is 4.62. The van der Waals surface area contributed by atoms with Crippen molar-refractivity contribution in [2.45, 2.75) is 51.9 Å². The Hall–Kier alpha value is -2.41. The molecule has 1 atom stereocenters. The van der Waals surface area contributed by atoms with Gasteiger partial charge in [-0.2, -0.15) is 13.2 Å². The summed E-state index contributed by atoms with van der Waals surface area (Å²) < 4.78 is 68.9. The number of benzene rings is 2. The lowest BCUT2D eigenvalue weighted by Crippen LogP contribution is -2.25. The van der Waals surface area contributed by atoms with Crippen molar-refractivity contribution >= 4 is 17.6 Å². The Kier molecular flexibility index (Phi) is 5.23. The van der Waals surface area contributed by atoms with Gasteiger partial charge in [0.1, 0.15) is 23.7 Å². The standard InChI is InChI=1S/C22H22ClF3O4/c1-12(20(27)28)6-13-4-5-18(17(7-13)22(24,25)26)29-11-15-9-16(23)8-14-10-21(2,3)30-19(14)15/h4-5,7-9,12H,6,10-11H2,1-3H3,(H,27,28)/i10D2. The zero-order valence-electron chi connectivity index (χ0n) is 18.6. The molecular formula is C22H22ClF3O4. The lowest BCUT2D eigenvalue weighted by atomic mass is 9.99. The van der Waals surface area contributed by atoms with E-state index in [4.69, 9.17) is 28.9 Å². The fourth-order valence-corrected chi connectivity index (χ4v) is 3.46. The molecule has 0 bridgehead atoms. The van der Waals surface area contributed by atoms with E-state index >= 15 is 0 Å². The van der Waals surface area contributed by atoms with Crippen LogP contribution < -0.4 is 9.47 Å². The van der Waals surface area contributed by atoms with Gasteiger partial charge in [0.25, 0.3) is 0 Å². The molecule has 0 aliphatic carbocycles. The summed E-state index contributed by atoms with van der Waals surface area (Å²) in [5.41, 5.74) is -1.47. The zero-order valence-corrected chi connectivity index (χ0v) is 17.3. The molecule has 1 aliphatic rings. The molecule has 0 aromatic heterocycles. The summed E-state index contributed by atoms with van der Waals surface area (Å²) >= 11 is 6.12. The van der Waals surface area contributed by atoms with E-state index in [0.717, 1.165) is 12.1 Å². The van der Waals surface area contributed by atoms with Crippen LogP contribution in [0.3, 0.4) is 0 Å². The third-order valence-corrected chi connectivity index (χ3v) is 4.84. The highest BCUT2D eigenvalue weighted by molar-refractivity contribution is 6.30. The number of hydrogen-bond donors (Lipinski definition) is 1. The average Bonchev–Trinajstić information content (AvgIpc) is 2.84. The third kappa shape index (κ3) is 5.01. The van der Waals surface area contributed by atoms with Crippen molar-refractivity contribution in [3.05, 3.63) is 57.6 Å². The highest BCUT2D eigenvalue weighted by Gasteiger charge is 2.36. The van der Waals surface area contributed by atoms with E-state index < -0.39 is 41.4 Å². The monoisotopic (exact) mass is 444 g/mol. The molecule has 2 aromatic carbocycles. The number of alkyl halides is 3. The molecule has 1 unspecified atom stereocenters. The van der Waals surface area contributed by atoms with Gasteiger partial charge in [-0.15, -0.1) is 0 Å². The topological polar surface area (TPSA) is 55.8 Å². The van der Waals surface area contributed by atoms with Gasteiger partial charge in [-0.25, -0.2) is 0 Å². The van der Waals surface area contributed by atoms with Crippen molar-refractivity contribution in [2.24, 2.45) is 5.92 Å². The van der Waals surface area contributed by atoms with Gasteiger partial charge in [-0.3, -0.25) is 4.79 Å². The summed E-state index contributed by atoms with van der Waals surface area (Å²) in [6.07, 6.45) is -6.63. The number of aliphatic carboxylic acids is 1. The van der Waals surface area contributed by atoms with Crippen molar-refractivity contribution in [3.63, 3.8) is 0 Å². The molecule has 1 heterocycles. The van der Waals surface area contributed by atoms with Gasteiger partial charge >= 0.3 is 12.1 Å². The van der Waals surface area contributed by atoms with E-state index in [2.05, 4.69) is 0 Å². The molecular weight excluding hydrogens is 421 g/mol. The first-order chi connectivity index (χ1) is 14.6. The van der Waals surface area contributed by atoms with Crippen LogP contribution in [0.4, 0.5) is 13.2 Å². The van der Waals surface area contributed by atoms with Gasteiger partial charge in [0.05, 0.1) is 11.5 Å². The van der Waals surface area contributed by atoms with Crippen LogP contribution in [0.25, 0.3) is 0 Å². The number of carboxylic acids is 1. The van der Waals surface area contributed by atoms with E-state index in [1.54, 1.807) is 13.8 Å². The summed E-state index contributed by atoms with van der Waals surface area (Å²) in [6.45, 7) is 4.23. The number of hydrogen-bond acceptors (Lipinski definition) is 3. The van der Waals surface area contributed by atoms with Gasteiger partial charge in [0, 0.05) is 19.7 Å². The minimum atomic E-state index is -4.72. The van der Waals surface area contributed by atoms with Crippen LogP contribution in [0.1, 0.15) is 45.8 Å². The first-order valence-electron chi connectivity index (χ1n) is 10.2. The Balaban J connectivity index is 1.92. The maximum Gasteiger partial charge on any atom is 0.419 e. The van der Waals surface area contributed by atoms with Crippen LogP contribution in [-0.2, 0) is 30.4 Å². The Morgan fingerprint density at radius 3 is 2.70 bits per heavy atom. The normalized spacial score (nSPS) is 18.6. The second kappa shape index (κ2) is 8.02. The number of carboxylic acid groups (broad SMARTS) is 1. The average molecular weight is 445 g/mol. The van der Waals surface area contributed by atoms with Crippen LogP contribution in [0.5, 0.6) is 11.5 Å². The Bertz CT molecular complexity index is 1050. The van der Waals surface area contributed by atoms with Gasteiger partial charge in [0.2, 0.25) is 0 Å². The van der Waals surface area contributed by atoms with Crippen molar-refractivity contribution in [2.75, 3.05) is 0 Å². The predicted octanol–water partition coefficient (Wildman–Crippen LogP) is 5.91. The van der Waals surface area contributed by atoms with Crippen LogP contribution in [0.2, 0.25) is 5.02 Å². The first-order valence-corrected chi connectivity index (χ1v) is 9.59. The van der Waals surface area contributed by atoms with Gasteiger partial charge in [-0.05, 0) is 55.7 Å². The van der Waals surface area contributed by atoms with E-state index in [1.165, 1.54) is 25.1 Å². The summed E-state index contributed by atoms with van der Waals surface area (Å²) in [5.74, 6) is -2.17. The van der Waals surface area contributed by atoms with Crippen LogP contribution >= 0.6 is 11.6 Å². The lowest BCUT2D eigenvalue weighted by molar-refractivity contribution is -0.141.